The third-order valence-corrected chi connectivity index (χ3v) is 5.04. The van der Waals surface area contributed by atoms with Gasteiger partial charge in [-0.2, -0.15) is 0 Å². The van der Waals surface area contributed by atoms with E-state index in [1.165, 1.54) is 30.8 Å². The molecular formula is C18H15F5N4O2S. The highest BCUT2D eigenvalue weighted by Gasteiger charge is 2.32. The maximum atomic E-state index is 13.4. The molecule has 3 aromatic rings. The van der Waals surface area contributed by atoms with Gasteiger partial charge in [0.15, 0.2) is 11.6 Å². The van der Waals surface area contributed by atoms with Crippen LogP contribution in [0.3, 0.4) is 0 Å². The molecule has 3 rings (SSSR count). The van der Waals surface area contributed by atoms with E-state index in [4.69, 9.17) is 0 Å². The summed E-state index contributed by atoms with van der Waals surface area (Å²) < 4.78 is 71.3. The number of ether oxygens (including phenoxy) is 1. The molecule has 0 bridgehead atoms. The van der Waals surface area contributed by atoms with Crippen molar-refractivity contribution < 1.29 is 31.5 Å². The van der Waals surface area contributed by atoms with Gasteiger partial charge in [-0.3, -0.25) is 14.5 Å². The molecule has 0 aliphatic carbocycles. The number of carbonyl (C=O) groups is 1. The molecule has 1 aromatic carbocycles. The van der Waals surface area contributed by atoms with Gasteiger partial charge in [0.05, 0.1) is 0 Å². The van der Waals surface area contributed by atoms with Crippen molar-refractivity contribution in [3.63, 3.8) is 0 Å². The van der Waals surface area contributed by atoms with Gasteiger partial charge in [-0.1, -0.05) is 0 Å². The third-order valence-electron chi connectivity index (χ3n) is 3.93. The molecule has 1 atom stereocenters. The van der Waals surface area contributed by atoms with E-state index >= 15 is 0 Å². The molecule has 1 amide bonds. The quantitative estimate of drug-likeness (QED) is 0.330. The lowest BCUT2D eigenvalue weighted by molar-refractivity contribution is -0.341. The highest BCUT2D eigenvalue weighted by atomic mass is 32.2. The molecule has 12 heteroatoms. The Kier molecular flexibility index (Phi) is 6.29. The van der Waals surface area contributed by atoms with Crippen LogP contribution < -0.4 is 10.0 Å². The smallest absolute Gasteiger partial charge is 0.331 e. The average Bonchev–Trinajstić information content (AvgIpc) is 2.93. The Bertz CT molecular complexity index is 1090. The van der Waals surface area contributed by atoms with Gasteiger partial charge in [-0.15, -0.1) is 13.2 Å². The van der Waals surface area contributed by atoms with Crippen LogP contribution in [-0.2, 0) is 11.8 Å². The SMILES string of the molecule is CC(NSc1c2ncccc2c(C(=O)Nc2ccc(F)c(F)c2)n1C)OC(F)(F)F. The number of amides is 1. The van der Waals surface area contributed by atoms with Crippen molar-refractivity contribution in [1.82, 2.24) is 14.3 Å². The van der Waals surface area contributed by atoms with Crippen molar-refractivity contribution in [3.8, 4) is 0 Å². The molecular weight excluding hydrogens is 431 g/mol. The summed E-state index contributed by atoms with van der Waals surface area (Å²) in [6.45, 7) is 1.18. The number of anilines is 1. The molecule has 0 aliphatic rings. The van der Waals surface area contributed by atoms with Crippen LogP contribution in [0.25, 0.3) is 10.9 Å². The lowest BCUT2D eigenvalue weighted by atomic mass is 10.2. The van der Waals surface area contributed by atoms with E-state index < -0.39 is 30.1 Å². The maximum Gasteiger partial charge on any atom is 0.524 e. The van der Waals surface area contributed by atoms with E-state index in [0.29, 0.717) is 15.9 Å². The van der Waals surface area contributed by atoms with Gasteiger partial charge in [-0.05, 0) is 43.1 Å². The Morgan fingerprint density at radius 3 is 2.63 bits per heavy atom. The number of halogens is 5. The molecule has 0 spiro atoms. The molecule has 160 valence electrons. The van der Waals surface area contributed by atoms with Crippen LogP contribution in [-0.4, -0.2) is 28.0 Å². The number of rotatable bonds is 6. The minimum Gasteiger partial charge on any atom is -0.331 e. The third kappa shape index (κ3) is 4.89. The van der Waals surface area contributed by atoms with E-state index in [-0.39, 0.29) is 11.4 Å². The first-order valence-electron chi connectivity index (χ1n) is 8.43. The van der Waals surface area contributed by atoms with Gasteiger partial charge in [-0.25, -0.2) is 13.5 Å². The summed E-state index contributed by atoms with van der Waals surface area (Å²) in [5.74, 6) is -2.81. The van der Waals surface area contributed by atoms with Crippen LogP contribution in [0.2, 0.25) is 0 Å². The molecule has 2 heterocycles. The van der Waals surface area contributed by atoms with Gasteiger partial charge in [0, 0.05) is 30.4 Å². The molecule has 0 saturated carbocycles. The summed E-state index contributed by atoms with van der Waals surface area (Å²) in [4.78, 5) is 17.0. The lowest BCUT2D eigenvalue weighted by Gasteiger charge is -2.16. The zero-order valence-electron chi connectivity index (χ0n) is 15.6. The number of alkyl halides is 3. The lowest BCUT2D eigenvalue weighted by Crippen LogP contribution is -2.30. The standard InChI is InChI=1S/C18H15F5N4O2S/c1-9(29-18(21,22)23)26-30-17-14-11(4-3-7-24-14)15(27(17)2)16(28)25-10-5-6-12(19)13(20)8-10/h3-9,26H,1-2H3,(H,25,28). The number of nitrogens with zero attached hydrogens (tertiary/aromatic N) is 2. The predicted molar refractivity (Wildman–Crippen MR) is 101 cm³/mol. The summed E-state index contributed by atoms with van der Waals surface area (Å²) in [7, 11) is 1.53. The number of pyridine rings is 1. The molecule has 2 aromatic heterocycles. The Morgan fingerprint density at radius 1 is 1.23 bits per heavy atom. The molecule has 0 fully saturated rings. The molecule has 6 nitrogen and oxygen atoms in total. The molecule has 1 unspecified atom stereocenters. The fraction of sp³-hybridized carbons (Fsp3) is 0.222. The summed E-state index contributed by atoms with van der Waals surface area (Å²) in [6, 6.07) is 6.12. The van der Waals surface area contributed by atoms with Crippen molar-refractivity contribution in [2.24, 2.45) is 7.05 Å². The van der Waals surface area contributed by atoms with Crippen molar-refractivity contribution in [2.45, 2.75) is 24.5 Å². The van der Waals surface area contributed by atoms with E-state index in [2.05, 4.69) is 19.8 Å². The number of hydrogen-bond donors (Lipinski definition) is 2. The summed E-state index contributed by atoms with van der Waals surface area (Å²) in [5.41, 5.74) is 0.542. The minimum atomic E-state index is -4.81. The largest absolute Gasteiger partial charge is 0.524 e. The van der Waals surface area contributed by atoms with Gasteiger partial charge in [0.2, 0.25) is 0 Å². The van der Waals surface area contributed by atoms with Crippen LogP contribution >= 0.6 is 11.9 Å². The number of fused-ring (bicyclic) bond motifs is 1. The Balaban J connectivity index is 1.89. The highest BCUT2D eigenvalue weighted by Crippen LogP contribution is 2.31. The fourth-order valence-electron chi connectivity index (χ4n) is 2.73. The Morgan fingerprint density at radius 2 is 1.97 bits per heavy atom. The normalized spacial score (nSPS) is 12.9. The van der Waals surface area contributed by atoms with Crippen molar-refractivity contribution in [2.75, 3.05) is 5.32 Å². The van der Waals surface area contributed by atoms with Crippen LogP contribution in [0.1, 0.15) is 17.4 Å². The highest BCUT2D eigenvalue weighted by molar-refractivity contribution is 7.97. The number of nitrogens with one attached hydrogen (secondary N) is 2. The van der Waals surface area contributed by atoms with Crippen molar-refractivity contribution >= 4 is 34.4 Å². The van der Waals surface area contributed by atoms with Crippen LogP contribution in [0.15, 0.2) is 41.6 Å². The molecule has 0 aliphatic heterocycles. The zero-order chi connectivity index (χ0) is 22.1. The van der Waals surface area contributed by atoms with Crippen LogP contribution in [0.5, 0.6) is 0 Å². The average molecular weight is 446 g/mol. The van der Waals surface area contributed by atoms with Crippen LogP contribution in [0.4, 0.5) is 27.6 Å². The van der Waals surface area contributed by atoms with E-state index in [1.54, 1.807) is 12.1 Å². The molecule has 2 N–H and O–H groups in total. The zero-order valence-corrected chi connectivity index (χ0v) is 16.4. The van der Waals surface area contributed by atoms with Gasteiger partial charge < -0.3 is 9.88 Å². The fourth-order valence-corrected chi connectivity index (χ4v) is 3.54. The van der Waals surface area contributed by atoms with Crippen molar-refractivity contribution in [3.05, 3.63) is 53.9 Å². The Labute approximate surface area is 171 Å². The first kappa shape index (κ1) is 22.0. The maximum absolute atomic E-state index is 13.4. The second kappa shape index (κ2) is 8.58. The first-order valence-corrected chi connectivity index (χ1v) is 9.25. The summed E-state index contributed by atoms with van der Waals surface area (Å²) in [5, 5.41) is 3.26. The second-order valence-electron chi connectivity index (χ2n) is 6.12. The monoisotopic (exact) mass is 446 g/mol. The summed E-state index contributed by atoms with van der Waals surface area (Å²) in [6.07, 6.45) is -4.71. The molecule has 30 heavy (non-hydrogen) atoms. The minimum absolute atomic E-state index is 0.0386. The number of carbonyl (C=O) groups excluding carboxylic acids is 1. The van der Waals surface area contributed by atoms with E-state index in [0.717, 1.165) is 24.1 Å². The van der Waals surface area contributed by atoms with E-state index in [1.807, 2.05) is 0 Å². The van der Waals surface area contributed by atoms with Gasteiger partial charge in [0.25, 0.3) is 5.91 Å². The molecule has 0 saturated heterocycles. The van der Waals surface area contributed by atoms with E-state index in [9.17, 15) is 26.7 Å². The summed E-state index contributed by atoms with van der Waals surface area (Å²) >= 11 is 0.810. The first-order chi connectivity index (χ1) is 14.1. The van der Waals surface area contributed by atoms with Crippen LogP contribution in [0, 0.1) is 11.6 Å². The number of hydrogen-bond acceptors (Lipinski definition) is 5. The van der Waals surface area contributed by atoms with Gasteiger partial charge in [0.1, 0.15) is 22.5 Å². The topological polar surface area (TPSA) is 68.2 Å². The van der Waals surface area contributed by atoms with Gasteiger partial charge >= 0.3 is 6.36 Å². The van der Waals surface area contributed by atoms with Crippen molar-refractivity contribution in [1.29, 1.82) is 0 Å². The number of benzene rings is 1. The Hall–Kier alpha value is -2.70. The predicted octanol–water partition coefficient (Wildman–Crippen LogP) is 4.58. The molecule has 0 radical (unpaired) electrons. The number of aromatic nitrogens is 2. The second-order valence-corrected chi connectivity index (χ2v) is 6.95.